The molecule has 1 heterocycles. The number of ether oxygens (including phenoxy) is 1. The van der Waals surface area contributed by atoms with Crippen LogP contribution in [0.25, 0.3) is 0 Å². The summed E-state index contributed by atoms with van der Waals surface area (Å²) in [6, 6.07) is 7.86. The van der Waals surface area contributed by atoms with E-state index in [2.05, 4.69) is 25.2 Å². The molecule has 2 rings (SSSR count). The van der Waals surface area contributed by atoms with Crippen molar-refractivity contribution < 1.29 is 9.53 Å². The van der Waals surface area contributed by atoms with Crippen molar-refractivity contribution in [2.75, 3.05) is 20.2 Å². The summed E-state index contributed by atoms with van der Waals surface area (Å²) in [5.41, 5.74) is 2.01. The Hall–Kier alpha value is -1.35. The lowest BCUT2D eigenvalue weighted by atomic mass is 9.68. The van der Waals surface area contributed by atoms with Gasteiger partial charge in [0.25, 0.3) is 0 Å². The maximum Gasteiger partial charge on any atom is 0.337 e. The van der Waals surface area contributed by atoms with Gasteiger partial charge in [-0.05, 0) is 48.5 Å². The average Bonchev–Trinajstić information content (AvgIpc) is 2.41. The van der Waals surface area contributed by atoms with Gasteiger partial charge in [-0.2, -0.15) is 0 Å². The molecule has 0 spiro atoms. The van der Waals surface area contributed by atoms with Crippen LogP contribution in [0.15, 0.2) is 24.3 Å². The third kappa shape index (κ3) is 2.27. The molecule has 18 heavy (non-hydrogen) atoms. The standard InChI is InChI=1S/C15H21NO2/c1-11-10-16-8-7-15(11,2)13-6-4-5-12(9-13)14(17)18-3/h4-6,9,11,16H,7-8,10H2,1-3H3/t11-,15+/m0/s1. The Morgan fingerprint density at radius 2 is 2.28 bits per heavy atom. The van der Waals surface area contributed by atoms with Crippen LogP contribution in [0, 0.1) is 5.92 Å². The van der Waals surface area contributed by atoms with E-state index in [1.54, 1.807) is 0 Å². The molecular weight excluding hydrogens is 226 g/mol. The molecule has 0 saturated carbocycles. The second-order valence-corrected chi connectivity index (χ2v) is 5.35. The number of carbonyl (C=O) groups is 1. The Kier molecular flexibility index (Phi) is 3.71. The molecule has 2 atom stereocenters. The molecule has 3 heteroatoms. The number of carbonyl (C=O) groups excluding carboxylic acids is 1. The highest BCUT2D eigenvalue weighted by Gasteiger charge is 2.35. The second-order valence-electron chi connectivity index (χ2n) is 5.35. The van der Waals surface area contributed by atoms with Crippen LogP contribution >= 0.6 is 0 Å². The van der Waals surface area contributed by atoms with E-state index in [1.807, 2.05) is 18.2 Å². The Morgan fingerprint density at radius 1 is 1.50 bits per heavy atom. The third-order valence-corrected chi connectivity index (χ3v) is 4.30. The molecule has 1 fully saturated rings. The molecule has 1 aliphatic heterocycles. The number of benzene rings is 1. The van der Waals surface area contributed by atoms with E-state index in [0.717, 1.165) is 19.5 Å². The molecule has 3 nitrogen and oxygen atoms in total. The van der Waals surface area contributed by atoms with Crippen LogP contribution in [0.3, 0.4) is 0 Å². The van der Waals surface area contributed by atoms with Gasteiger partial charge in [0.15, 0.2) is 0 Å². The zero-order valence-electron chi connectivity index (χ0n) is 11.3. The van der Waals surface area contributed by atoms with Crippen molar-refractivity contribution in [3.05, 3.63) is 35.4 Å². The number of methoxy groups -OCH3 is 1. The average molecular weight is 247 g/mol. The summed E-state index contributed by atoms with van der Waals surface area (Å²) in [6.45, 7) is 6.61. The molecule has 0 bridgehead atoms. The second kappa shape index (κ2) is 5.11. The van der Waals surface area contributed by atoms with E-state index >= 15 is 0 Å². The van der Waals surface area contributed by atoms with Crippen LogP contribution in [0.2, 0.25) is 0 Å². The summed E-state index contributed by atoms with van der Waals surface area (Å²) in [6.07, 6.45) is 1.10. The van der Waals surface area contributed by atoms with E-state index in [1.165, 1.54) is 12.7 Å². The fourth-order valence-corrected chi connectivity index (χ4v) is 2.69. The molecule has 0 amide bonds. The van der Waals surface area contributed by atoms with Crippen molar-refractivity contribution in [1.82, 2.24) is 5.32 Å². The Morgan fingerprint density at radius 3 is 2.94 bits per heavy atom. The summed E-state index contributed by atoms with van der Waals surface area (Å²) in [5, 5.41) is 3.42. The first-order chi connectivity index (χ1) is 8.58. The van der Waals surface area contributed by atoms with Gasteiger partial charge in [-0.1, -0.05) is 26.0 Å². The first kappa shape index (κ1) is 13.1. The number of hydrogen-bond acceptors (Lipinski definition) is 3. The molecule has 1 aromatic rings. The van der Waals surface area contributed by atoms with E-state index in [-0.39, 0.29) is 11.4 Å². The summed E-state index contributed by atoms with van der Waals surface area (Å²) in [7, 11) is 1.42. The van der Waals surface area contributed by atoms with Gasteiger partial charge >= 0.3 is 5.97 Å². The highest BCUT2D eigenvalue weighted by molar-refractivity contribution is 5.89. The first-order valence-corrected chi connectivity index (χ1v) is 6.47. The predicted octanol–water partition coefficient (Wildman–Crippen LogP) is 2.36. The van der Waals surface area contributed by atoms with E-state index in [4.69, 9.17) is 4.74 Å². The minimum atomic E-state index is -0.262. The maximum atomic E-state index is 11.6. The molecule has 1 aromatic carbocycles. The van der Waals surface area contributed by atoms with Crippen molar-refractivity contribution in [2.45, 2.75) is 25.7 Å². The lowest BCUT2D eigenvalue weighted by Crippen LogP contribution is -2.45. The molecular formula is C15H21NO2. The van der Waals surface area contributed by atoms with Crippen LogP contribution in [0.5, 0.6) is 0 Å². The molecule has 0 aliphatic carbocycles. The maximum absolute atomic E-state index is 11.6. The zero-order chi connectivity index (χ0) is 13.2. The van der Waals surface area contributed by atoms with Gasteiger partial charge in [0, 0.05) is 0 Å². The fraction of sp³-hybridized carbons (Fsp3) is 0.533. The SMILES string of the molecule is COC(=O)c1cccc([C@]2(C)CCNC[C@@H]2C)c1. The van der Waals surface area contributed by atoms with Crippen molar-refractivity contribution in [1.29, 1.82) is 0 Å². The van der Waals surface area contributed by atoms with Crippen LogP contribution in [-0.2, 0) is 10.2 Å². The number of hydrogen-bond donors (Lipinski definition) is 1. The monoisotopic (exact) mass is 247 g/mol. The molecule has 1 N–H and O–H groups in total. The third-order valence-electron chi connectivity index (χ3n) is 4.30. The fourth-order valence-electron chi connectivity index (χ4n) is 2.69. The lowest BCUT2D eigenvalue weighted by Gasteiger charge is -2.40. The lowest BCUT2D eigenvalue weighted by molar-refractivity contribution is 0.0600. The number of piperidine rings is 1. The Balaban J connectivity index is 2.35. The van der Waals surface area contributed by atoms with Crippen molar-refractivity contribution in [3.8, 4) is 0 Å². The summed E-state index contributed by atoms with van der Waals surface area (Å²) >= 11 is 0. The van der Waals surface area contributed by atoms with E-state index < -0.39 is 0 Å². The summed E-state index contributed by atoms with van der Waals surface area (Å²) in [5.74, 6) is 0.293. The van der Waals surface area contributed by atoms with Gasteiger partial charge in [-0.3, -0.25) is 0 Å². The molecule has 1 aliphatic rings. The van der Waals surface area contributed by atoms with Crippen LogP contribution in [0.1, 0.15) is 36.2 Å². The quantitative estimate of drug-likeness (QED) is 0.815. The van der Waals surface area contributed by atoms with Crippen LogP contribution in [-0.4, -0.2) is 26.2 Å². The van der Waals surface area contributed by atoms with Gasteiger partial charge in [-0.25, -0.2) is 4.79 Å². The zero-order valence-corrected chi connectivity index (χ0v) is 11.3. The van der Waals surface area contributed by atoms with Gasteiger partial charge in [0.1, 0.15) is 0 Å². The number of rotatable bonds is 2. The minimum Gasteiger partial charge on any atom is -0.465 e. The predicted molar refractivity (Wildman–Crippen MR) is 71.8 cm³/mol. The van der Waals surface area contributed by atoms with E-state index in [9.17, 15) is 4.79 Å². The highest BCUT2D eigenvalue weighted by atomic mass is 16.5. The highest BCUT2D eigenvalue weighted by Crippen LogP contribution is 2.37. The molecule has 0 unspecified atom stereocenters. The Labute approximate surface area is 109 Å². The van der Waals surface area contributed by atoms with Gasteiger partial charge in [-0.15, -0.1) is 0 Å². The van der Waals surface area contributed by atoms with Crippen molar-refractivity contribution >= 4 is 5.97 Å². The Bertz CT molecular complexity index is 444. The van der Waals surface area contributed by atoms with Crippen molar-refractivity contribution in [2.24, 2.45) is 5.92 Å². The van der Waals surface area contributed by atoms with Crippen LogP contribution in [0.4, 0.5) is 0 Å². The first-order valence-electron chi connectivity index (χ1n) is 6.47. The number of esters is 1. The molecule has 1 saturated heterocycles. The van der Waals surface area contributed by atoms with Crippen LogP contribution < -0.4 is 5.32 Å². The van der Waals surface area contributed by atoms with E-state index in [0.29, 0.717) is 11.5 Å². The summed E-state index contributed by atoms with van der Waals surface area (Å²) < 4.78 is 4.79. The minimum absolute atomic E-state index is 0.134. The molecule has 98 valence electrons. The number of nitrogens with one attached hydrogen (secondary N) is 1. The summed E-state index contributed by atoms with van der Waals surface area (Å²) in [4.78, 5) is 11.6. The van der Waals surface area contributed by atoms with Gasteiger partial charge in [0.2, 0.25) is 0 Å². The topological polar surface area (TPSA) is 38.3 Å². The largest absolute Gasteiger partial charge is 0.465 e. The molecule has 0 radical (unpaired) electrons. The van der Waals surface area contributed by atoms with Gasteiger partial charge < -0.3 is 10.1 Å². The molecule has 0 aromatic heterocycles. The smallest absolute Gasteiger partial charge is 0.337 e. The van der Waals surface area contributed by atoms with Gasteiger partial charge in [0.05, 0.1) is 12.7 Å². The normalized spacial score (nSPS) is 27.8. The van der Waals surface area contributed by atoms with Crippen molar-refractivity contribution in [3.63, 3.8) is 0 Å².